The predicted octanol–water partition coefficient (Wildman–Crippen LogP) is 3.45. The van der Waals surface area contributed by atoms with E-state index in [4.69, 9.17) is 9.47 Å². The molecule has 1 N–H and O–H groups in total. The fraction of sp³-hybridized carbons (Fsp3) is 0.519. The number of methoxy groups -OCH3 is 1. The molecule has 0 heterocycles. The molecular weight excluding hydrogens is 497 g/mol. The lowest BCUT2D eigenvalue weighted by Crippen LogP contribution is -2.41. The van der Waals surface area contributed by atoms with E-state index in [1.54, 1.807) is 24.3 Å². The van der Waals surface area contributed by atoms with Crippen LogP contribution in [-0.2, 0) is 19.6 Å². The highest BCUT2D eigenvalue weighted by molar-refractivity contribution is 7.89. The Bertz CT molecular complexity index is 1120. The first-order valence-electron chi connectivity index (χ1n) is 12.5. The van der Waals surface area contributed by atoms with E-state index in [2.05, 4.69) is 10.2 Å². The molecule has 1 atom stereocenters. The number of carbonyl (C=O) groups is 1. The molecule has 2 aromatic carbocycles. The third kappa shape index (κ3) is 7.98. The van der Waals surface area contributed by atoms with Crippen LogP contribution in [-0.4, -0.2) is 77.6 Å². The van der Waals surface area contributed by atoms with Crippen molar-refractivity contribution in [2.75, 3.05) is 48.0 Å². The molecule has 10 heteroatoms. The number of likely N-dealkylation sites (N-methyl/N-ethyl adjacent to an activating group) is 1. The molecule has 0 bridgehead atoms. The fourth-order valence-electron chi connectivity index (χ4n) is 4.94. The standard InChI is InChI=1S/C27H38FN3O5S/c1-30(2)27(21-6-5-7-22(28)18-21)20-8-10-23(11-9-20)29-26(32)19-36-17-16-31(3)37(33,34)25-14-12-24(35-4)13-15-25/h5-7,12-15,18,20,23,27H,8-11,16-17,19H2,1-4H3,(H,29,32). The zero-order chi connectivity index (χ0) is 27.0. The normalized spacial score (nSPS) is 19.1. The van der Waals surface area contributed by atoms with Crippen LogP contribution in [0.15, 0.2) is 53.4 Å². The molecule has 2 aromatic rings. The first kappa shape index (κ1) is 29.0. The molecule has 1 unspecified atom stereocenters. The van der Waals surface area contributed by atoms with E-state index in [-0.39, 0.29) is 48.5 Å². The molecule has 0 spiro atoms. The third-order valence-electron chi connectivity index (χ3n) is 6.88. The topological polar surface area (TPSA) is 88.2 Å². The molecule has 204 valence electrons. The van der Waals surface area contributed by atoms with Crippen molar-refractivity contribution < 1.29 is 27.1 Å². The number of amides is 1. The van der Waals surface area contributed by atoms with Crippen LogP contribution in [0.5, 0.6) is 5.75 Å². The summed E-state index contributed by atoms with van der Waals surface area (Å²) in [4.78, 5) is 14.7. The number of halogens is 1. The minimum absolute atomic E-state index is 0.0702. The molecule has 1 aliphatic carbocycles. The second-order valence-corrected chi connectivity index (χ2v) is 11.7. The molecule has 0 radical (unpaired) electrons. The van der Waals surface area contributed by atoms with Crippen molar-refractivity contribution in [1.29, 1.82) is 0 Å². The van der Waals surface area contributed by atoms with Crippen LogP contribution >= 0.6 is 0 Å². The van der Waals surface area contributed by atoms with Crippen LogP contribution in [0.25, 0.3) is 0 Å². The monoisotopic (exact) mass is 535 g/mol. The molecule has 1 aliphatic rings. The summed E-state index contributed by atoms with van der Waals surface area (Å²) in [5.41, 5.74) is 0.977. The Labute approximate surface area is 219 Å². The number of nitrogens with zero attached hydrogens (tertiary/aromatic N) is 2. The largest absolute Gasteiger partial charge is 0.497 e. The van der Waals surface area contributed by atoms with Crippen LogP contribution in [0.3, 0.4) is 0 Å². The Balaban J connectivity index is 1.39. The number of rotatable bonds is 12. The number of hydrogen-bond donors (Lipinski definition) is 1. The molecular formula is C27H38FN3O5S. The predicted molar refractivity (Wildman–Crippen MR) is 140 cm³/mol. The van der Waals surface area contributed by atoms with Gasteiger partial charge in [-0.25, -0.2) is 12.8 Å². The van der Waals surface area contributed by atoms with Crippen molar-refractivity contribution >= 4 is 15.9 Å². The van der Waals surface area contributed by atoms with Crippen LogP contribution in [0.1, 0.15) is 37.3 Å². The van der Waals surface area contributed by atoms with E-state index in [1.807, 2.05) is 20.2 Å². The molecule has 1 amide bonds. The lowest BCUT2D eigenvalue weighted by molar-refractivity contribution is -0.126. The minimum atomic E-state index is -3.66. The minimum Gasteiger partial charge on any atom is -0.497 e. The average molecular weight is 536 g/mol. The lowest BCUT2D eigenvalue weighted by Gasteiger charge is -2.37. The highest BCUT2D eigenvalue weighted by Crippen LogP contribution is 2.37. The second-order valence-electron chi connectivity index (χ2n) is 9.70. The SMILES string of the molecule is COc1ccc(S(=O)(=O)N(C)CCOCC(=O)NC2CCC(C(c3cccc(F)c3)N(C)C)CC2)cc1. The molecule has 1 saturated carbocycles. The Kier molecular flexibility index (Phi) is 10.5. The van der Waals surface area contributed by atoms with Crippen molar-refractivity contribution in [3.63, 3.8) is 0 Å². The Morgan fingerprint density at radius 2 is 1.76 bits per heavy atom. The quantitative estimate of drug-likeness (QED) is 0.419. The van der Waals surface area contributed by atoms with Crippen LogP contribution in [0.4, 0.5) is 4.39 Å². The molecule has 37 heavy (non-hydrogen) atoms. The maximum Gasteiger partial charge on any atom is 0.246 e. The Hall–Kier alpha value is -2.53. The average Bonchev–Trinajstić information content (AvgIpc) is 2.87. The van der Waals surface area contributed by atoms with Crippen molar-refractivity contribution in [2.45, 2.75) is 42.7 Å². The first-order chi connectivity index (χ1) is 17.6. The van der Waals surface area contributed by atoms with Gasteiger partial charge in [0.1, 0.15) is 18.2 Å². The number of hydrogen-bond acceptors (Lipinski definition) is 6. The lowest BCUT2D eigenvalue weighted by atomic mass is 9.78. The molecule has 0 saturated heterocycles. The van der Waals surface area contributed by atoms with E-state index < -0.39 is 10.0 Å². The van der Waals surface area contributed by atoms with Gasteiger partial charge in [-0.3, -0.25) is 4.79 Å². The van der Waals surface area contributed by atoms with E-state index in [9.17, 15) is 17.6 Å². The summed E-state index contributed by atoms with van der Waals surface area (Å²) in [6, 6.07) is 13.2. The van der Waals surface area contributed by atoms with E-state index in [0.29, 0.717) is 11.7 Å². The van der Waals surface area contributed by atoms with Crippen LogP contribution in [0, 0.1) is 11.7 Å². The molecule has 8 nitrogen and oxygen atoms in total. The summed E-state index contributed by atoms with van der Waals surface area (Å²) in [7, 11) is 3.37. The smallest absolute Gasteiger partial charge is 0.246 e. The highest BCUT2D eigenvalue weighted by atomic mass is 32.2. The van der Waals surface area contributed by atoms with Gasteiger partial charge in [0, 0.05) is 25.7 Å². The van der Waals surface area contributed by atoms with Crippen molar-refractivity contribution in [1.82, 2.24) is 14.5 Å². The van der Waals surface area contributed by atoms with Crippen molar-refractivity contribution in [3.05, 3.63) is 59.9 Å². The van der Waals surface area contributed by atoms with Crippen LogP contribution < -0.4 is 10.1 Å². The van der Waals surface area contributed by atoms with E-state index in [0.717, 1.165) is 31.2 Å². The second kappa shape index (κ2) is 13.3. The van der Waals surface area contributed by atoms with Gasteiger partial charge in [0.25, 0.3) is 0 Å². The fourth-order valence-corrected chi connectivity index (χ4v) is 6.09. The number of carbonyl (C=O) groups excluding carboxylic acids is 1. The van der Waals surface area contributed by atoms with E-state index >= 15 is 0 Å². The van der Waals surface area contributed by atoms with Crippen molar-refractivity contribution in [2.24, 2.45) is 5.92 Å². The number of benzene rings is 2. The summed E-state index contributed by atoms with van der Waals surface area (Å²) >= 11 is 0. The van der Waals surface area contributed by atoms with E-state index in [1.165, 1.54) is 36.7 Å². The summed E-state index contributed by atoms with van der Waals surface area (Å²) in [6.07, 6.45) is 3.55. The zero-order valence-electron chi connectivity index (χ0n) is 22.0. The van der Waals surface area contributed by atoms with Crippen molar-refractivity contribution in [3.8, 4) is 5.75 Å². The summed E-state index contributed by atoms with van der Waals surface area (Å²) in [5.74, 6) is 0.520. The van der Waals surface area contributed by atoms with Gasteiger partial charge in [0.05, 0.1) is 18.6 Å². The van der Waals surface area contributed by atoms with Gasteiger partial charge in [0.15, 0.2) is 0 Å². The van der Waals surface area contributed by atoms with Gasteiger partial charge in [0.2, 0.25) is 15.9 Å². The van der Waals surface area contributed by atoms with Gasteiger partial charge >= 0.3 is 0 Å². The number of ether oxygens (including phenoxy) is 2. The van der Waals surface area contributed by atoms with Gasteiger partial charge in [-0.05, 0) is 87.7 Å². The Morgan fingerprint density at radius 3 is 2.35 bits per heavy atom. The molecule has 1 fully saturated rings. The maximum atomic E-state index is 13.8. The van der Waals surface area contributed by atoms with Gasteiger partial charge < -0.3 is 19.7 Å². The first-order valence-corrected chi connectivity index (χ1v) is 13.9. The van der Waals surface area contributed by atoms with Gasteiger partial charge in [-0.15, -0.1) is 0 Å². The number of sulfonamides is 1. The van der Waals surface area contributed by atoms with Gasteiger partial charge in [-0.1, -0.05) is 12.1 Å². The van der Waals surface area contributed by atoms with Gasteiger partial charge in [-0.2, -0.15) is 4.31 Å². The maximum absolute atomic E-state index is 13.8. The summed E-state index contributed by atoms with van der Waals surface area (Å²) in [5, 5.41) is 3.03. The molecule has 3 rings (SSSR count). The summed E-state index contributed by atoms with van der Waals surface area (Å²) in [6.45, 7) is 0.100. The van der Waals surface area contributed by atoms with Crippen LogP contribution in [0.2, 0.25) is 0 Å². The summed E-state index contributed by atoms with van der Waals surface area (Å²) < 4.78 is 50.9. The molecule has 0 aliphatic heterocycles. The highest BCUT2D eigenvalue weighted by Gasteiger charge is 2.30. The number of nitrogens with one attached hydrogen (secondary N) is 1. The molecule has 0 aromatic heterocycles. The zero-order valence-corrected chi connectivity index (χ0v) is 22.8. The third-order valence-corrected chi connectivity index (χ3v) is 8.75. The Morgan fingerprint density at radius 1 is 1.08 bits per heavy atom.